The van der Waals surface area contributed by atoms with Gasteiger partial charge in [-0.05, 0) is 43.7 Å². The van der Waals surface area contributed by atoms with Gasteiger partial charge in [0.15, 0.2) is 0 Å². The number of aryl methyl sites for hydroxylation is 2. The molecule has 180 valence electrons. The fraction of sp³-hybridized carbons (Fsp3) is 0.375. The van der Waals surface area contributed by atoms with Crippen molar-refractivity contribution in [2.45, 2.75) is 44.0 Å². The summed E-state index contributed by atoms with van der Waals surface area (Å²) < 4.78 is 28.1. The third-order valence-corrected chi connectivity index (χ3v) is 7.82. The van der Waals surface area contributed by atoms with Crippen LogP contribution in [-0.4, -0.2) is 54.7 Å². The predicted molar refractivity (Wildman–Crippen MR) is 131 cm³/mol. The van der Waals surface area contributed by atoms with Crippen LogP contribution < -0.4 is 10.2 Å². The number of fused-ring (bicyclic) bond motifs is 1. The van der Waals surface area contributed by atoms with Gasteiger partial charge in [0.25, 0.3) is 0 Å². The van der Waals surface area contributed by atoms with Crippen LogP contribution in [0.2, 0.25) is 0 Å². The molecule has 10 heteroatoms. The zero-order valence-corrected chi connectivity index (χ0v) is 20.4. The van der Waals surface area contributed by atoms with Crippen LogP contribution >= 0.6 is 0 Å². The fourth-order valence-corrected chi connectivity index (χ4v) is 5.15. The Morgan fingerprint density at radius 1 is 1.18 bits per heavy atom. The highest BCUT2D eigenvalue weighted by Gasteiger charge is 2.24. The molecule has 2 heterocycles. The maximum atomic E-state index is 12.8. The molecule has 0 atom stereocenters. The molecular weight excluding hydrogens is 454 g/mol. The number of hydrogen-bond acceptors (Lipinski definition) is 5. The number of nitrogens with one attached hydrogen (secondary N) is 1. The Hall–Kier alpha value is -3.24. The quantitative estimate of drug-likeness (QED) is 0.530. The summed E-state index contributed by atoms with van der Waals surface area (Å²) in [6.45, 7) is 3.28. The van der Waals surface area contributed by atoms with Crippen LogP contribution in [0.4, 0.5) is 11.4 Å². The highest BCUT2D eigenvalue weighted by atomic mass is 32.2. The molecule has 2 aromatic carbocycles. The Kier molecular flexibility index (Phi) is 6.72. The molecule has 0 aliphatic carbocycles. The summed E-state index contributed by atoms with van der Waals surface area (Å²) in [6, 6.07) is 12.2. The number of carbonyl (C=O) groups excluding carboxylic acids is 2. The van der Waals surface area contributed by atoms with E-state index < -0.39 is 10.0 Å². The minimum absolute atomic E-state index is 0.0639. The van der Waals surface area contributed by atoms with Crippen LogP contribution in [0, 0.1) is 0 Å². The van der Waals surface area contributed by atoms with Gasteiger partial charge in [-0.25, -0.2) is 17.7 Å². The third-order valence-electron chi connectivity index (χ3n) is 6.01. The van der Waals surface area contributed by atoms with Gasteiger partial charge in [0.05, 0.1) is 27.3 Å². The van der Waals surface area contributed by atoms with Crippen LogP contribution in [0.15, 0.2) is 47.4 Å². The third kappa shape index (κ3) is 4.55. The highest BCUT2D eigenvalue weighted by Crippen LogP contribution is 2.29. The predicted octanol–water partition coefficient (Wildman–Crippen LogP) is 3.00. The number of rotatable bonds is 8. The van der Waals surface area contributed by atoms with Crippen molar-refractivity contribution in [2.24, 2.45) is 0 Å². The van der Waals surface area contributed by atoms with Gasteiger partial charge in [-0.2, -0.15) is 0 Å². The molecule has 3 aromatic rings. The van der Waals surface area contributed by atoms with E-state index in [1.165, 1.54) is 18.4 Å². The molecule has 0 saturated carbocycles. The SMILES string of the molecule is CCn1c(CCC(=O)Nc2ccccc2N2CCCC2=O)nc2cc(S(=O)(=O)N(C)C)ccc21. The number of benzene rings is 2. The van der Waals surface area contributed by atoms with Gasteiger partial charge in [-0.15, -0.1) is 0 Å². The van der Waals surface area contributed by atoms with Crippen LogP contribution in [0.25, 0.3) is 11.0 Å². The minimum atomic E-state index is -3.56. The van der Waals surface area contributed by atoms with Crippen molar-refractivity contribution in [3.8, 4) is 0 Å². The van der Waals surface area contributed by atoms with E-state index in [1.807, 2.05) is 29.7 Å². The van der Waals surface area contributed by atoms with Crippen LogP contribution in [0.1, 0.15) is 32.0 Å². The fourth-order valence-electron chi connectivity index (χ4n) is 4.23. The lowest BCUT2D eigenvalue weighted by molar-refractivity contribution is -0.117. The summed E-state index contributed by atoms with van der Waals surface area (Å²) in [5, 5.41) is 2.94. The summed E-state index contributed by atoms with van der Waals surface area (Å²) in [4.78, 5) is 31.5. The second-order valence-corrected chi connectivity index (χ2v) is 10.6. The molecule has 1 aliphatic heterocycles. The van der Waals surface area contributed by atoms with Crippen LogP contribution in [0.5, 0.6) is 0 Å². The van der Waals surface area contributed by atoms with Gasteiger partial charge in [0.1, 0.15) is 5.82 Å². The van der Waals surface area contributed by atoms with Gasteiger partial charge in [-0.1, -0.05) is 12.1 Å². The zero-order chi connectivity index (χ0) is 24.5. The molecule has 0 radical (unpaired) electrons. The largest absolute Gasteiger partial charge is 0.328 e. The molecule has 2 amide bonds. The van der Waals surface area contributed by atoms with Crippen molar-refractivity contribution < 1.29 is 18.0 Å². The Morgan fingerprint density at radius 2 is 1.94 bits per heavy atom. The summed E-state index contributed by atoms with van der Waals surface area (Å²) in [5.41, 5.74) is 2.74. The number of hydrogen-bond donors (Lipinski definition) is 1. The van der Waals surface area contributed by atoms with Gasteiger partial charge < -0.3 is 14.8 Å². The summed E-state index contributed by atoms with van der Waals surface area (Å²) >= 11 is 0. The zero-order valence-electron chi connectivity index (χ0n) is 19.6. The van der Waals surface area contributed by atoms with Crippen molar-refractivity contribution in [3.05, 3.63) is 48.3 Å². The molecule has 9 nitrogen and oxygen atoms in total. The van der Waals surface area contributed by atoms with Crippen LogP contribution in [-0.2, 0) is 32.6 Å². The van der Waals surface area contributed by atoms with E-state index in [0.29, 0.717) is 42.8 Å². The highest BCUT2D eigenvalue weighted by molar-refractivity contribution is 7.89. The van der Waals surface area contributed by atoms with E-state index in [9.17, 15) is 18.0 Å². The number of sulfonamides is 1. The van der Waals surface area contributed by atoms with Crippen LogP contribution in [0.3, 0.4) is 0 Å². The summed E-state index contributed by atoms with van der Waals surface area (Å²) in [6.07, 6.45) is 1.93. The maximum absolute atomic E-state index is 12.8. The molecule has 1 aliphatic rings. The Labute approximate surface area is 199 Å². The first-order chi connectivity index (χ1) is 16.2. The van der Waals surface area contributed by atoms with E-state index in [4.69, 9.17) is 0 Å². The van der Waals surface area contributed by atoms with Crippen molar-refractivity contribution >= 4 is 44.2 Å². The first-order valence-corrected chi connectivity index (χ1v) is 12.8. The van der Waals surface area contributed by atoms with Gasteiger partial charge in [-0.3, -0.25) is 9.59 Å². The average Bonchev–Trinajstić information content (AvgIpc) is 3.40. The second kappa shape index (κ2) is 9.55. The topological polar surface area (TPSA) is 105 Å². The van der Waals surface area contributed by atoms with Crippen molar-refractivity contribution in [2.75, 3.05) is 30.9 Å². The maximum Gasteiger partial charge on any atom is 0.242 e. The van der Waals surface area contributed by atoms with Gasteiger partial charge >= 0.3 is 0 Å². The molecule has 4 rings (SSSR count). The van der Waals surface area contributed by atoms with Crippen molar-refractivity contribution in [1.29, 1.82) is 0 Å². The molecule has 34 heavy (non-hydrogen) atoms. The van der Waals surface area contributed by atoms with Crippen molar-refractivity contribution in [3.63, 3.8) is 0 Å². The number of para-hydroxylation sites is 2. The molecular formula is C24H29N5O4S. The minimum Gasteiger partial charge on any atom is -0.328 e. The molecule has 1 N–H and O–H groups in total. The first-order valence-electron chi connectivity index (χ1n) is 11.3. The lowest BCUT2D eigenvalue weighted by Gasteiger charge is -2.20. The van der Waals surface area contributed by atoms with E-state index in [1.54, 1.807) is 29.2 Å². The molecule has 0 spiro atoms. The van der Waals surface area contributed by atoms with E-state index in [-0.39, 0.29) is 23.1 Å². The van der Waals surface area contributed by atoms with E-state index in [0.717, 1.165) is 17.8 Å². The number of imidazole rings is 1. The smallest absolute Gasteiger partial charge is 0.242 e. The lowest BCUT2D eigenvalue weighted by atomic mass is 10.2. The molecule has 1 aromatic heterocycles. The average molecular weight is 484 g/mol. The van der Waals surface area contributed by atoms with E-state index in [2.05, 4.69) is 10.3 Å². The molecule has 0 bridgehead atoms. The second-order valence-electron chi connectivity index (χ2n) is 8.42. The number of aromatic nitrogens is 2. The molecule has 0 unspecified atom stereocenters. The van der Waals surface area contributed by atoms with Crippen molar-refractivity contribution in [1.82, 2.24) is 13.9 Å². The van der Waals surface area contributed by atoms with Gasteiger partial charge in [0, 0.05) is 46.4 Å². The lowest BCUT2D eigenvalue weighted by Crippen LogP contribution is -2.25. The first kappa shape index (κ1) is 23.9. The monoisotopic (exact) mass is 483 g/mol. The molecule has 1 saturated heterocycles. The summed E-state index contributed by atoms with van der Waals surface area (Å²) in [7, 11) is -0.578. The number of nitrogens with zero attached hydrogens (tertiary/aromatic N) is 4. The number of anilines is 2. The Bertz CT molecular complexity index is 1350. The summed E-state index contributed by atoms with van der Waals surface area (Å²) in [5.74, 6) is 0.605. The van der Waals surface area contributed by atoms with Gasteiger partial charge in [0.2, 0.25) is 21.8 Å². The standard InChI is InChI=1S/C24H29N5O4S/c1-4-28-21-12-11-17(34(32,33)27(2)3)16-19(21)25-22(28)13-14-23(30)26-18-8-5-6-9-20(18)29-15-7-10-24(29)31/h5-6,8-9,11-12,16H,4,7,10,13-15H2,1-3H3,(H,26,30). The number of carbonyl (C=O) groups is 2. The number of amides is 2. The molecule has 1 fully saturated rings. The Balaban J connectivity index is 1.52. The normalized spacial score (nSPS) is 14.4. The van der Waals surface area contributed by atoms with E-state index >= 15 is 0 Å². The Morgan fingerprint density at radius 3 is 2.62 bits per heavy atom.